The highest BCUT2D eigenvalue weighted by Gasteiger charge is 2.33. The van der Waals surface area contributed by atoms with Gasteiger partial charge >= 0.3 is 6.04 Å². The van der Waals surface area contributed by atoms with E-state index in [1.807, 2.05) is 25.1 Å². The van der Waals surface area contributed by atoms with Gasteiger partial charge in [-0.05, 0) is 37.8 Å². The number of hydrogen-bond donors (Lipinski definition) is 1. The standard InChI is InChI=1S/C21H25N3O3/c1-16(18-12-6-7-13-19(18)23-14-8-3-9-15-23)22-21(25)20(24(26)27)17-10-4-2-5-11-17/h2,4-7,10-13,16,20H,3,8-9,14-15H2,1H3,(H,22,25). The van der Waals surface area contributed by atoms with E-state index in [2.05, 4.69) is 16.3 Å². The fourth-order valence-corrected chi connectivity index (χ4v) is 3.65. The van der Waals surface area contributed by atoms with Gasteiger partial charge in [0.1, 0.15) is 0 Å². The summed E-state index contributed by atoms with van der Waals surface area (Å²) in [6, 6.07) is 14.7. The van der Waals surface area contributed by atoms with Crippen LogP contribution >= 0.6 is 0 Å². The largest absolute Gasteiger partial charge is 0.371 e. The van der Waals surface area contributed by atoms with E-state index in [9.17, 15) is 14.9 Å². The Labute approximate surface area is 159 Å². The molecule has 142 valence electrons. The van der Waals surface area contributed by atoms with Gasteiger partial charge in [-0.1, -0.05) is 48.5 Å². The van der Waals surface area contributed by atoms with Crippen molar-refractivity contribution in [3.63, 3.8) is 0 Å². The van der Waals surface area contributed by atoms with Crippen molar-refractivity contribution in [3.8, 4) is 0 Å². The molecule has 1 saturated heterocycles. The second-order valence-electron chi connectivity index (χ2n) is 6.94. The van der Waals surface area contributed by atoms with E-state index in [0.717, 1.165) is 37.2 Å². The third-order valence-corrected chi connectivity index (χ3v) is 5.03. The number of nitro groups is 1. The van der Waals surface area contributed by atoms with E-state index in [1.54, 1.807) is 30.3 Å². The van der Waals surface area contributed by atoms with Crippen LogP contribution in [0.1, 0.15) is 49.4 Å². The SMILES string of the molecule is CC(NC(=O)C(c1ccccc1)[N+](=O)[O-])c1ccccc1N1CCCCC1. The van der Waals surface area contributed by atoms with E-state index < -0.39 is 16.9 Å². The zero-order valence-corrected chi connectivity index (χ0v) is 15.5. The second kappa shape index (κ2) is 8.66. The van der Waals surface area contributed by atoms with Crippen LogP contribution in [0.25, 0.3) is 0 Å². The highest BCUT2D eigenvalue weighted by molar-refractivity contribution is 5.82. The quantitative estimate of drug-likeness (QED) is 0.621. The highest BCUT2D eigenvalue weighted by atomic mass is 16.6. The maximum Gasteiger partial charge on any atom is 0.314 e. The van der Waals surface area contributed by atoms with Gasteiger partial charge in [-0.3, -0.25) is 14.9 Å². The Morgan fingerprint density at radius 1 is 1.04 bits per heavy atom. The lowest BCUT2D eigenvalue weighted by atomic mass is 10.0. The van der Waals surface area contributed by atoms with Crippen molar-refractivity contribution in [2.75, 3.05) is 18.0 Å². The molecule has 0 spiro atoms. The first-order valence-corrected chi connectivity index (χ1v) is 9.40. The number of nitrogens with one attached hydrogen (secondary N) is 1. The average molecular weight is 367 g/mol. The van der Waals surface area contributed by atoms with Gasteiger partial charge in [0, 0.05) is 29.3 Å². The molecule has 27 heavy (non-hydrogen) atoms. The molecule has 6 heteroatoms. The average Bonchev–Trinajstić information content (AvgIpc) is 2.69. The van der Waals surface area contributed by atoms with Crippen LogP contribution in [0.5, 0.6) is 0 Å². The summed E-state index contributed by atoms with van der Waals surface area (Å²) < 4.78 is 0. The summed E-state index contributed by atoms with van der Waals surface area (Å²) in [5.41, 5.74) is 2.47. The van der Waals surface area contributed by atoms with Crippen molar-refractivity contribution < 1.29 is 9.72 Å². The summed E-state index contributed by atoms with van der Waals surface area (Å²) in [4.78, 5) is 26.0. The fraction of sp³-hybridized carbons (Fsp3) is 0.381. The van der Waals surface area contributed by atoms with Gasteiger partial charge in [0.15, 0.2) is 0 Å². The van der Waals surface area contributed by atoms with Gasteiger partial charge in [0.2, 0.25) is 0 Å². The van der Waals surface area contributed by atoms with Crippen molar-refractivity contribution in [2.45, 2.75) is 38.3 Å². The number of nitrogens with zero attached hydrogens (tertiary/aromatic N) is 2. The maximum atomic E-state index is 12.7. The molecule has 2 aromatic carbocycles. The van der Waals surface area contributed by atoms with Crippen molar-refractivity contribution in [1.29, 1.82) is 0 Å². The number of amides is 1. The van der Waals surface area contributed by atoms with Gasteiger partial charge in [-0.2, -0.15) is 0 Å². The molecular formula is C21H25N3O3. The topological polar surface area (TPSA) is 75.5 Å². The molecule has 0 aromatic heterocycles. The van der Waals surface area contributed by atoms with Crippen molar-refractivity contribution in [3.05, 3.63) is 75.8 Å². The van der Waals surface area contributed by atoms with E-state index in [-0.39, 0.29) is 6.04 Å². The summed E-state index contributed by atoms with van der Waals surface area (Å²) in [5.74, 6) is -0.591. The molecule has 1 aliphatic heterocycles. The third-order valence-electron chi connectivity index (χ3n) is 5.03. The minimum Gasteiger partial charge on any atom is -0.371 e. The molecule has 0 radical (unpaired) electrons. The van der Waals surface area contributed by atoms with Gasteiger partial charge in [0.05, 0.1) is 6.04 Å². The van der Waals surface area contributed by atoms with Crippen LogP contribution in [0.4, 0.5) is 5.69 Å². The van der Waals surface area contributed by atoms with Gasteiger partial charge in [-0.25, -0.2) is 0 Å². The lowest BCUT2D eigenvalue weighted by Gasteiger charge is -2.32. The normalized spacial score (nSPS) is 16.4. The van der Waals surface area contributed by atoms with Gasteiger partial charge in [0.25, 0.3) is 5.91 Å². The van der Waals surface area contributed by atoms with Crippen LogP contribution < -0.4 is 10.2 Å². The summed E-state index contributed by atoms with van der Waals surface area (Å²) >= 11 is 0. The summed E-state index contributed by atoms with van der Waals surface area (Å²) in [5, 5.41) is 14.4. The Morgan fingerprint density at radius 2 is 1.67 bits per heavy atom. The summed E-state index contributed by atoms with van der Waals surface area (Å²) in [6.07, 6.45) is 3.56. The Hall–Kier alpha value is -2.89. The monoisotopic (exact) mass is 367 g/mol. The number of piperidine rings is 1. The molecule has 2 unspecified atom stereocenters. The first-order valence-electron chi connectivity index (χ1n) is 9.40. The van der Waals surface area contributed by atoms with Crippen molar-refractivity contribution in [2.24, 2.45) is 0 Å². The molecule has 6 nitrogen and oxygen atoms in total. The van der Waals surface area contributed by atoms with Crippen molar-refractivity contribution in [1.82, 2.24) is 5.32 Å². The molecule has 2 aromatic rings. The Kier molecular flexibility index (Phi) is 6.06. The van der Waals surface area contributed by atoms with Crippen LogP contribution in [-0.4, -0.2) is 23.9 Å². The molecule has 1 amide bonds. The molecule has 0 aliphatic carbocycles. The first kappa shape index (κ1) is 18.9. The van der Waals surface area contributed by atoms with Crippen LogP contribution in [-0.2, 0) is 4.79 Å². The summed E-state index contributed by atoms with van der Waals surface area (Å²) in [6.45, 7) is 3.88. The molecular weight excluding hydrogens is 342 g/mol. The minimum absolute atomic E-state index is 0.318. The van der Waals surface area contributed by atoms with Crippen molar-refractivity contribution >= 4 is 11.6 Å². The second-order valence-corrected chi connectivity index (χ2v) is 6.94. The van der Waals surface area contributed by atoms with E-state index in [0.29, 0.717) is 5.56 Å². The number of benzene rings is 2. The highest BCUT2D eigenvalue weighted by Crippen LogP contribution is 2.29. The summed E-state index contributed by atoms with van der Waals surface area (Å²) in [7, 11) is 0. The van der Waals surface area contributed by atoms with Gasteiger partial charge < -0.3 is 10.2 Å². The van der Waals surface area contributed by atoms with E-state index >= 15 is 0 Å². The molecule has 2 atom stereocenters. The first-order chi connectivity index (χ1) is 13.1. The van der Waals surface area contributed by atoms with Crippen LogP contribution in [0.15, 0.2) is 54.6 Å². The zero-order chi connectivity index (χ0) is 19.2. The Balaban J connectivity index is 1.79. The molecule has 0 saturated carbocycles. The molecule has 1 heterocycles. The smallest absolute Gasteiger partial charge is 0.314 e. The number of carbonyl (C=O) groups excluding carboxylic acids is 1. The molecule has 0 bridgehead atoms. The zero-order valence-electron chi connectivity index (χ0n) is 15.5. The Bertz CT molecular complexity index is 788. The van der Waals surface area contributed by atoms with Crippen LogP contribution in [0.2, 0.25) is 0 Å². The molecule has 3 rings (SSSR count). The lowest BCUT2D eigenvalue weighted by Crippen LogP contribution is -2.36. The maximum absolute atomic E-state index is 12.7. The number of hydrogen-bond acceptors (Lipinski definition) is 4. The lowest BCUT2D eigenvalue weighted by molar-refractivity contribution is -0.513. The fourth-order valence-electron chi connectivity index (χ4n) is 3.65. The molecule has 1 fully saturated rings. The third kappa shape index (κ3) is 4.45. The number of carbonyl (C=O) groups is 1. The molecule has 1 N–H and O–H groups in total. The number of anilines is 1. The minimum atomic E-state index is -1.41. The van der Waals surface area contributed by atoms with Crippen LogP contribution in [0.3, 0.4) is 0 Å². The predicted octanol–water partition coefficient (Wildman–Crippen LogP) is 3.87. The number of para-hydroxylation sites is 1. The van der Waals surface area contributed by atoms with Crippen LogP contribution in [0, 0.1) is 10.1 Å². The predicted molar refractivity (Wildman–Crippen MR) is 105 cm³/mol. The molecule has 1 aliphatic rings. The number of rotatable bonds is 6. The van der Waals surface area contributed by atoms with Gasteiger partial charge in [-0.15, -0.1) is 0 Å². The Morgan fingerprint density at radius 3 is 2.33 bits per heavy atom. The van der Waals surface area contributed by atoms with E-state index in [4.69, 9.17) is 0 Å². The van der Waals surface area contributed by atoms with E-state index in [1.165, 1.54) is 6.42 Å².